The van der Waals surface area contributed by atoms with Crippen LogP contribution in [0.15, 0.2) is 22.9 Å². The number of unbranched alkanes of at least 4 members (excludes halogenated alkanes) is 1. The van der Waals surface area contributed by atoms with Crippen LogP contribution < -0.4 is 0 Å². The predicted molar refractivity (Wildman–Crippen MR) is 102 cm³/mol. The van der Waals surface area contributed by atoms with E-state index in [1.165, 1.54) is 38.5 Å². The van der Waals surface area contributed by atoms with Crippen LogP contribution in [0.1, 0.15) is 66.2 Å². The van der Waals surface area contributed by atoms with Crippen molar-refractivity contribution in [3.8, 4) is 6.07 Å². The van der Waals surface area contributed by atoms with Crippen molar-refractivity contribution in [2.45, 2.75) is 66.2 Å². The van der Waals surface area contributed by atoms with Crippen molar-refractivity contribution in [2.75, 3.05) is 20.7 Å². The molecule has 0 aromatic carbocycles. The fourth-order valence-electron chi connectivity index (χ4n) is 3.55. The molecular formula is C21H34N2O2. The topological polar surface area (TPSA) is 53.3 Å². The van der Waals surface area contributed by atoms with Crippen LogP contribution in [0.2, 0.25) is 0 Å². The molecule has 0 aromatic heterocycles. The van der Waals surface area contributed by atoms with Gasteiger partial charge in [0, 0.05) is 19.3 Å². The van der Waals surface area contributed by atoms with Gasteiger partial charge in [0.2, 0.25) is 0 Å². The Kier molecular flexibility index (Phi) is 8.22. The summed E-state index contributed by atoms with van der Waals surface area (Å²) in [6.45, 7) is 9.88. The molecule has 0 N–H and O–H groups in total. The fourth-order valence-corrected chi connectivity index (χ4v) is 3.55. The zero-order valence-electron chi connectivity index (χ0n) is 16.8. The van der Waals surface area contributed by atoms with E-state index in [1.807, 2.05) is 12.1 Å². The molecule has 0 heterocycles. The summed E-state index contributed by atoms with van der Waals surface area (Å²) in [7, 11) is 3.45. The normalized spacial score (nSPS) is 19.5. The molecule has 0 fully saturated rings. The zero-order valence-corrected chi connectivity index (χ0v) is 16.8. The number of rotatable bonds is 8. The molecule has 1 unspecified atom stereocenters. The molecule has 0 saturated heterocycles. The van der Waals surface area contributed by atoms with Gasteiger partial charge in [-0.3, -0.25) is 0 Å². The van der Waals surface area contributed by atoms with Crippen LogP contribution in [0.5, 0.6) is 0 Å². The maximum absolute atomic E-state index is 11.9. The van der Waals surface area contributed by atoms with E-state index >= 15 is 0 Å². The number of allylic oxidation sites excluding steroid dienone is 3. The number of nitriles is 1. The SMILES string of the molecule is CCCCC(CC)CN(C)C1=CC(=C(C#N)C(=O)OC)CC(C)(C)C1. The van der Waals surface area contributed by atoms with Gasteiger partial charge in [0.15, 0.2) is 0 Å². The highest BCUT2D eigenvalue weighted by atomic mass is 16.5. The second-order valence-corrected chi connectivity index (χ2v) is 7.95. The molecule has 0 amide bonds. The summed E-state index contributed by atoms with van der Waals surface area (Å²) < 4.78 is 4.78. The Labute approximate surface area is 153 Å². The minimum Gasteiger partial charge on any atom is -0.465 e. The number of hydrogen-bond donors (Lipinski definition) is 0. The van der Waals surface area contributed by atoms with E-state index in [-0.39, 0.29) is 11.0 Å². The van der Waals surface area contributed by atoms with Crippen LogP contribution in [-0.2, 0) is 9.53 Å². The Morgan fingerprint density at radius 1 is 1.40 bits per heavy atom. The highest BCUT2D eigenvalue weighted by Crippen LogP contribution is 2.40. The number of carbonyl (C=O) groups excluding carboxylic acids is 1. The van der Waals surface area contributed by atoms with Crippen LogP contribution in [-0.4, -0.2) is 31.6 Å². The number of ether oxygens (including phenoxy) is 1. The van der Waals surface area contributed by atoms with Crippen molar-refractivity contribution >= 4 is 5.97 Å². The zero-order chi connectivity index (χ0) is 19.0. The van der Waals surface area contributed by atoms with Crippen molar-refractivity contribution in [1.82, 2.24) is 4.90 Å². The molecule has 4 heteroatoms. The quantitative estimate of drug-likeness (QED) is 0.359. The van der Waals surface area contributed by atoms with Gasteiger partial charge in [0.25, 0.3) is 0 Å². The van der Waals surface area contributed by atoms with Gasteiger partial charge in [-0.2, -0.15) is 5.26 Å². The van der Waals surface area contributed by atoms with Gasteiger partial charge in [0.1, 0.15) is 11.6 Å². The first-order chi connectivity index (χ1) is 11.8. The maximum Gasteiger partial charge on any atom is 0.348 e. The van der Waals surface area contributed by atoms with Crippen molar-refractivity contribution in [2.24, 2.45) is 11.3 Å². The molecule has 0 aliphatic heterocycles. The van der Waals surface area contributed by atoms with Crippen molar-refractivity contribution in [3.05, 3.63) is 22.9 Å². The van der Waals surface area contributed by atoms with Gasteiger partial charge in [-0.15, -0.1) is 0 Å². The van der Waals surface area contributed by atoms with E-state index in [0.29, 0.717) is 5.92 Å². The predicted octanol–water partition coefficient (Wildman–Crippen LogP) is 4.83. The van der Waals surface area contributed by atoms with Gasteiger partial charge < -0.3 is 9.64 Å². The minimum atomic E-state index is -0.539. The largest absolute Gasteiger partial charge is 0.465 e. The number of carbonyl (C=O) groups is 1. The number of esters is 1. The molecule has 1 rings (SSSR count). The lowest BCUT2D eigenvalue weighted by atomic mass is 9.75. The summed E-state index contributed by atoms with van der Waals surface area (Å²) >= 11 is 0. The molecule has 1 aliphatic rings. The molecule has 1 aliphatic carbocycles. The van der Waals surface area contributed by atoms with Gasteiger partial charge in [-0.05, 0) is 42.2 Å². The summed E-state index contributed by atoms with van der Waals surface area (Å²) in [4.78, 5) is 14.2. The van der Waals surface area contributed by atoms with E-state index in [1.54, 1.807) is 0 Å². The molecule has 0 aromatic rings. The summed E-state index contributed by atoms with van der Waals surface area (Å²) in [5.41, 5.74) is 2.17. The molecule has 0 bridgehead atoms. The third-order valence-corrected chi connectivity index (χ3v) is 5.06. The Balaban J connectivity index is 3.09. The summed E-state index contributed by atoms with van der Waals surface area (Å²) in [5, 5.41) is 9.40. The molecule has 0 radical (unpaired) electrons. The minimum absolute atomic E-state index is 0.0227. The lowest BCUT2D eigenvalue weighted by molar-refractivity contribution is -0.135. The third-order valence-electron chi connectivity index (χ3n) is 5.06. The second kappa shape index (κ2) is 9.65. The smallest absolute Gasteiger partial charge is 0.348 e. The monoisotopic (exact) mass is 346 g/mol. The van der Waals surface area contributed by atoms with Gasteiger partial charge in [-0.1, -0.05) is 47.0 Å². The molecule has 0 spiro atoms. The highest BCUT2D eigenvalue weighted by molar-refractivity contribution is 5.94. The Bertz CT molecular complexity index is 567. The van der Waals surface area contributed by atoms with Crippen molar-refractivity contribution in [3.63, 3.8) is 0 Å². The number of methoxy groups -OCH3 is 1. The molecule has 4 nitrogen and oxygen atoms in total. The second-order valence-electron chi connectivity index (χ2n) is 7.95. The van der Waals surface area contributed by atoms with E-state index < -0.39 is 5.97 Å². The van der Waals surface area contributed by atoms with Gasteiger partial charge in [-0.25, -0.2) is 4.79 Å². The van der Waals surface area contributed by atoms with Crippen LogP contribution in [0.3, 0.4) is 0 Å². The molecule has 140 valence electrons. The average Bonchev–Trinajstić information content (AvgIpc) is 2.57. The molecule has 25 heavy (non-hydrogen) atoms. The van der Waals surface area contributed by atoms with Crippen molar-refractivity contribution in [1.29, 1.82) is 5.26 Å². The lowest BCUT2D eigenvalue weighted by Crippen LogP contribution is -2.31. The summed E-state index contributed by atoms with van der Waals surface area (Å²) in [6.07, 6.45) is 8.63. The third kappa shape index (κ3) is 6.23. The summed E-state index contributed by atoms with van der Waals surface area (Å²) in [5.74, 6) is 0.141. The first kappa shape index (κ1) is 21.3. The first-order valence-electron chi connectivity index (χ1n) is 9.41. The first-order valence-corrected chi connectivity index (χ1v) is 9.41. The molecule has 0 saturated carbocycles. The molecular weight excluding hydrogens is 312 g/mol. The standard InChI is InChI=1S/C21H34N2O2/c1-7-9-10-16(8-2)15-23(5)18-11-17(12-21(3,4)13-18)19(14-22)20(24)25-6/h11,16H,7-10,12-13,15H2,1-6H3. The maximum atomic E-state index is 11.9. The Morgan fingerprint density at radius 3 is 2.60 bits per heavy atom. The van der Waals surface area contributed by atoms with E-state index in [0.717, 1.165) is 25.0 Å². The summed E-state index contributed by atoms with van der Waals surface area (Å²) in [6, 6.07) is 2.04. The van der Waals surface area contributed by atoms with Crippen LogP contribution in [0.25, 0.3) is 0 Å². The Hall–Kier alpha value is -1.76. The van der Waals surface area contributed by atoms with Crippen LogP contribution in [0, 0.1) is 22.7 Å². The van der Waals surface area contributed by atoms with Gasteiger partial charge in [0.05, 0.1) is 7.11 Å². The van der Waals surface area contributed by atoms with E-state index in [9.17, 15) is 10.1 Å². The molecule has 1 atom stereocenters. The highest BCUT2D eigenvalue weighted by Gasteiger charge is 2.30. The fraction of sp³-hybridized carbons (Fsp3) is 0.714. The Morgan fingerprint density at radius 2 is 2.08 bits per heavy atom. The van der Waals surface area contributed by atoms with E-state index in [4.69, 9.17) is 4.74 Å². The number of nitrogens with zero attached hydrogens (tertiary/aromatic N) is 2. The van der Waals surface area contributed by atoms with Crippen LogP contribution >= 0.6 is 0 Å². The van der Waals surface area contributed by atoms with E-state index in [2.05, 4.69) is 39.6 Å². The van der Waals surface area contributed by atoms with Crippen LogP contribution in [0.4, 0.5) is 0 Å². The van der Waals surface area contributed by atoms with Gasteiger partial charge >= 0.3 is 5.97 Å². The number of hydrogen-bond acceptors (Lipinski definition) is 4. The average molecular weight is 347 g/mol. The van der Waals surface area contributed by atoms with Crippen molar-refractivity contribution < 1.29 is 9.53 Å². The lowest BCUT2D eigenvalue weighted by Gasteiger charge is -2.37.